The van der Waals surface area contributed by atoms with Crippen molar-refractivity contribution in [2.75, 3.05) is 13.1 Å². The quantitative estimate of drug-likeness (QED) is 0.0685. The summed E-state index contributed by atoms with van der Waals surface area (Å²) in [4.78, 5) is 73.2. The van der Waals surface area contributed by atoms with Gasteiger partial charge in [0, 0.05) is 31.4 Å². The van der Waals surface area contributed by atoms with E-state index in [0.717, 1.165) is 0 Å². The van der Waals surface area contributed by atoms with Crippen LogP contribution in [0.3, 0.4) is 0 Å². The third-order valence-electron chi connectivity index (χ3n) is 5.73. The number of carbonyl (C=O) groups excluding carboxylic acids is 3. The number of hydrogen-bond donors (Lipinski definition) is 8. The normalized spacial score (nSPS) is 17.3. The van der Waals surface area contributed by atoms with Crippen molar-refractivity contribution < 1.29 is 34.2 Å². The van der Waals surface area contributed by atoms with Crippen LogP contribution < -0.4 is 27.8 Å². The summed E-state index contributed by atoms with van der Waals surface area (Å²) in [6, 6.07) is -4.83. The van der Waals surface area contributed by atoms with E-state index >= 15 is 0 Å². The molecule has 0 saturated carbocycles. The lowest BCUT2D eigenvalue weighted by Gasteiger charge is -2.28. The van der Waals surface area contributed by atoms with E-state index in [-0.39, 0.29) is 38.3 Å². The topological polar surface area (TPSA) is 272 Å². The number of aliphatic imine (C=N–C) groups is 1. The van der Waals surface area contributed by atoms with Crippen LogP contribution in [0.15, 0.2) is 17.5 Å². The summed E-state index contributed by atoms with van der Waals surface area (Å²) in [5.41, 5.74) is 16.9. The number of likely N-dealkylation sites (tertiary alicyclic amines) is 1. The van der Waals surface area contributed by atoms with E-state index in [1.54, 1.807) is 0 Å². The molecule has 4 atom stereocenters. The fraction of sp³-hybridized carbons (Fsp3) is 0.571. The molecule has 16 heteroatoms. The van der Waals surface area contributed by atoms with Crippen LogP contribution in [0, 0.1) is 0 Å². The van der Waals surface area contributed by atoms with Gasteiger partial charge < -0.3 is 47.9 Å². The molecule has 0 aromatic carbocycles. The van der Waals surface area contributed by atoms with Crippen LogP contribution in [0.1, 0.15) is 37.8 Å². The van der Waals surface area contributed by atoms with Gasteiger partial charge in [0.15, 0.2) is 5.96 Å². The fourth-order valence-electron chi connectivity index (χ4n) is 3.90. The summed E-state index contributed by atoms with van der Waals surface area (Å²) in [5.74, 6) is -5.01. The fourth-order valence-corrected chi connectivity index (χ4v) is 3.90. The maximum Gasteiger partial charge on any atom is 0.326 e. The van der Waals surface area contributed by atoms with Gasteiger partial charge >= 0.3 is 11.9 Å². The molecular weight excluding hydrogens is 490 g/mol. The number of nitrogens with two attached hydrogens (primary N) is 3. The number of imidazole rings is 1. The molecule has 2 heterocycles. The lowest BCUT2D eigenvalue weighted by molar-refractivity contribution is -0.144. The van der Waals surface area contributed by atoms with Crippen molar-refractivity contribution in [3.05, 3.63) is 18.2 Å². The Hall–Kier alpha value is -4.21. The van der Waals surface area contributed by atoms with Gasteiger partial charge in [-0.3, -0.25) is 24.2 Å². The van der Waals surface area contributed by atoms with Crippen LogP contribution in [0.25, 0.3) is 0 Å². The summed E-state index contributed by atoms with van der Waals surface area (Å²) in [7, 11) is 0. The number of carboxylic acids is 2. The number of H-pyrrole nitrogens is 1. The minimum absolute atomic E-state index is 0.0767. The van der Waals surface area contributed by atoms with Crippen molar-refractivity contribution in [1.82, 2.24) is 25.5 Å². The van der Waals surface area contributed by atoms with E-state index in [9.17, 15) is 34.2 Å². The van der Waals surface area contributed by atoms with E-state index in [4.69, 9.17) is 17.2 Å². The number of guanidine groups is 1. The molecule has 1 aliphatic rings. The first-order chi connectivity index (χ1) is 17.5. The lowest BCUT2D eigenvalue weighted by atomic mass is 10.1. The summed E-state index contributed by atoms with van der Waals surface area (Å²) in [6.07, 6.45) is 3.31. The average Bonchev–Trinajstić information content (AvgIpc) is 3.52. The Labute approximate surface area is 212 Å². The SMILES string of the molecule is NC(N)=NCCCC(N)C(=O)N1CCCC1C(=O)NC(CC(=O)O)C(=O)NC(Cc1cnc[nH]1)C(=O)O. The maximum atomic E-state index is 13.0. The number of aromatic nitrogens is 2. The molecule has 2 rings (SSSR count). The maximum absolute atomic E-state index is 13.0. The average molecular weight is 524 g/mol. The molecule has 1 fully saturated rings. The van der Waals surface area contributed by atoms with Crippen molar-refractivity contribution in [3.8, 4) is 0 Å². The Balaban J connectivity index is 2.04. The van der Waals surface area contributed by atoms with Crippen LogP contribution in [0.5, 0.6) is 0 Å². The largest absolute Gasteiger partial charge is 0.481 e. The highest BCUT2D eigenvalue weighted by Crippen LogP contribution is 2.19. The highest BCUT2D eigenvalue weighted by atomic mass is 16.4. The molecule has 16 nitrogen and oxygen atoms in total. The van der Waals surface area contributed by atoms with E-state index in [1.165, 1.54) is 17.4 Å². The van der Waals surface area contributed by atoms with Gasteiger partial charge in [-0.1, -0.05) is 0 Å². The first kappa shape index (κ1) is 29.0. The van der Waals surface area contributed by atoms with Crippen LogP contribution in [-0.2, 0) is 30.4 Å². The molecule has 0 aliphatic carbocycles. The summed E-state index contributed by atoms with van der Waals surface area (Å²) >= 11 is 0. The predicted molar refractivity (Wildman–Crippen MR) is 129 cm³/mol. The van der Waals surface area contributed by atoms with Gasteiger partial charge in [-0.2, -0.15) is 0 Å². The molecule has 1 saturated heterocycles. The molecule has 204 valence electrons. The van der Waals surface area contributed by atoms with Crippen LogP contribution >= 0.6 is 0 Å². The number of hydrogen-bond acceptors (Lipinski definition) is 8. The summed E-state index contributed by atoms with van der Waals surface area (Å²) < 4.78 is 0. The van der Waals surface area contributed by atoms with Crippen molar-refractivity contribution in [2.24, 2.45) is 22.2 Å². The first-order valence-corrected chi connectivity index (χ1v) is 11.6. The summed E-state index contributed by atoms with van der Waals surface area (Å²) in [5, 5.41) is 23.3. The second-order valence-corrected chi connectivity index (χ2v) is 8.58. The van der Waals surface area contributed by atoms with Gasteiger partial charge in [0.1, 0.15) is 18.1 Å². The Kier molecular flexibility index (Phi) is 10.8. The summed E-state index contributed by atoms with van der Waals surface area (Å²) in [6.45, 7) is 0.552. The highest BCUT2D eigenvalue weighted by molar-refractivity contribution is 5.95. The molecule has 1 aromatic rings. The number of nitrogens with zero attached hydrogens (tertiary/aromatic N) is 3. The monoisotopic (exact) mass is 523 g/mol. The van der Waals surface area contributed by atoms with Gasteiger partial charge in [0.05, 0.1) is 18.8 Å². The Morgan fingerprint density at radius 2 is 1.92 bits per heavy atom. The van der Waals surface area contributed by atoms with Crippen molar-refractivity contribution >= 4 is 35.6 Å². The van der Waals surface area contributed by atoms with E-state index in [0.29, 0.717) is 18.5 Å². The minimum Gasteiger partial charge on any atom is -0.481 e. The third kappa shape index (κ3) is 9.06. The molecule has 1 aromatic heterocycles. The number of amides is 3. The van der Waals surface area contributed by atoms with Crippen molar-refractivity contribution in [2.45, 2.75) is 62.7 Å². The molecule has 0 spiro atoms. The number of carboxylic acid groups (broad SMARTS) is 2. The molecular formula is C21H33N9O7. The van der Waals surface area contributed by atoms with E-state index < -0.39 is 60.2 Å². The zero-order valence-electron chi connectivity index (χ0n) is 20.1. The molecule has 11 N–H and O–H groups in total. The molecule has 37 heavy (non-hydrogen) atoms. The van der Waals surface area contributed by atoms with Crippen molar-refractivity contribution in [3.63, 3.8) is 0 Å². The van der Waals surface area contributed by atoms with Gasteiger partial charge in [-0.05, 0) is 25.7 Å². The predicted octanol–water partition coefficient (Wildman–Crippen LogP) is -3.15. The second kappa shape index (κ2) is 13.8. The zero-order chi connectivity index (χ0) is 27.5. The zero-order valence-corrected chi connectivity index (χ0v) is 20.1. The van der Waals surface area contributed by atoms with Crippen LogP contribution in [-0.4, -0.2) is 98.0 Å². The number of nitrogens with one attached hydrogen (secondary N) is 3. The van der Waals surface area contributed by atoms with E-state index in [1.807, 2.05) is 0 Å². The lowest BCUT2D eigenvalue weighted by Crippen LogP contribution is -2.57. The third-order valence-corrected chi connectivity index (χ3v) is 5.73. The standard InChI is InChI=1S/C21H33N9O7/c22-12(3-1-5-26-21(23)24)19(35)30-6-2-4-15(30)18(34)28-13(8-16(31)32)17(33)29-14(20(36)37)7-11-9-25-10-27-11/h9-10,12-15H,1-8,22H2,(H,25,27)(H,28,34)(H,29,33)(H,31,32)(H,36,37)(H4,23,24,26). The Morgan fingerprint density at radius 3 is 2.51 bits per heavy atom. The second-order valence-electron chi connectivity index (χ2n) is 8.58. The van der Waals surface area contributed by atoms with Gasteiger partial charge in [-0.25, -0.2) is 9.78 Å². The molecule has 1 aliphatic heterocycles. The van der Waals surface area contributed by atoms with Crippen LogP contribution in [0.2, 0.25) is 0 Å². The van der Waals surface area contributed by atoms with Crippen molar-refractivity contribution in [1.29, 1.82) is 0 Å². The van der Waals surface area contributed by atoms with Crippen LogP contribution in [0.4, 0.5) is 0 Å². The first-order valence-electron chi connectivity index (χ1n) is 11.6. The van der Waals surface area contributed by atoms with Gasteiger partial charge in [0.2, 0.25) is 17.7 Å². The number of aromatic amines is 1. The smallest absolute Gasteiger partial charge is 0.326 e. The Morgan fingerprint density at radius 1 is 1.19 bits per heavy atom. The number of carbonyl (C=O) groups is 5. The highest BCUT2D eigenvalue weighted by Gasteiger charge is 2.38. The molecule has 0 radical (unpaired) electrons. The van der Waals surface area contributed by atoms with Gasteiger partial charge in [0.25, 0.3) is 0 Å². The molecule has 0 bridgehead atoms. The Bertz CT molecular complexity index is 995. The van der Waals surface area contributed by atoms with E-state index in [2.05, 4.69) is 25.6 Å². The number of aliphatic carboxylic acids is 2. The minimum atomic E-state index is -1.57. The van der Waals surface area contributed by atoms with Gasteiger partial charge in [-0.15, -0.1) is 0 Å². The molecule has 4 unspecified atom stereocenters. The number of rotatable bonds is 14. The molecule has 3 amide bonds.